The maximum absolute atomic E-state index is 3.73. The van der Waals surface area contributed by atoms with E-state index in [0.29, 0.717) is 6.04 Å². The smallest absolute Gasteiger partial charge is 0.0320 e. The van der Waals surface area contributed by atoms with Crippen molar-refractivity contribution in [2.45, 2.75) is 64.3 Å². The minimum Gasteiger partial charge on any atom is -0.310 e. The lowest BCUT2D eigenvalue weighted by molar-refractivity contribution is 0.314. The van der Waals surface area contributed by atoms with Crippen LogP contribution in [0.5, 0.6) is 0 Å². The molecule has 2 heteroatoms. The van der Waals surface area contributed by atoms with Gasteiger partial charge in [0, 0.05) is 10.5 Å². The summed E-state index contributed by atoms with van der Waals surface area (Å²) in [5, 5.41) is 3.73. The lowest BCUT2D eigenvalue weighted by Gasteiger charge is -2.25. The van der Waals surface area contributed by atoms with Gasteiger partial charge in [0.25, 0.3) is 0 Å². The summed E-state index contributed by atoms with van der Waals surface area (Å²) in [6, 6.07) is 9.38. The van der Waals surface area contributed by atoms with Crippen molar-refractivity contribution in [3.8, 4) is 0 Å². The van der Waals surface area contributed by atoms with Crippen molar-refractivity contribution < 1.29 is 0 Å². The Morgan fingerprint density at radius 2 is 1.85 bits per heavy atom. The zero-order chi connectivity index (χ0) is 14.2. The molecule has 0 aromatic heterocycles. The van der Waals surface area contributed by atoms with Crippen LogP contribution in [0.25, 0.3) is 0 Å². The van der Waals surface area contributed by atoms with Crippen LogP contribution >= 0.6 is 15.9 Å². The molecule has 2 rings (SSSR count). The number of benzene rings is 1. The number of hydrogen-bond donors (Lipinski definition) is 1. The molecule has 1 unspecified atom stereocenters. The van der Waals surface area contributed by atoms with Gasteiger partial charge in [-0.25, -0.2) is 0 Å². The minimum atomic E-state index is 0.532. The number of hydrogen-bond acceptors (Lipinski definition) is 1. The third kappa shape index (κ3) is 5.21. The third-order valence-electron chi connectivity index (χ3n) is 4.50. The highest BCUT2D eigenvalue weighted by Crippen LogP contribution is 2.30. The van der Waals surface area contributed by atoms with Crippen LogP contribution in [0, 0.1) is 5.92 Å². The molecule has 1 N–H and O–H groups in total. The van der Waals surface area contributed by atoms with E-state index in [-0.39, 0.29) is 0 Å². The van der Waals surface area contributed by atoms with Gasteiger partial charge in [0.05, 0.1) is 0 Å². The standard InChI is InChI=1S/C18H28BrN/c1-2-14-20-18(16-9-11-17(19)12-10-16)13-8-15-6-4-3-5-7-15/h9-12,15,18,20H,2-8,13-14H2,1H3. The highest BCUT2D eigenvalue weighted by molar-refractivity contribution is 9.10. The quantitative estimate of drug-likeness (QED) is 0.657. The van der Waals surface area contributed by atoms with Crippen LogP contribution in [0.1, 0.15) is 69.9 Å². The van der Waals surface area contributed by atoms with Gasteiger partial charge >= 0.3 is 0 Å². The molecule has 0 bridgehead atoms. The summed E-state index contributed by atoms with van der Waals surface area (Å²) in [7, 11) is 0. The normalized spacial score (nSPS) is 18.1. The van der Waals surface area contributed by atoms with Crippen molar-refractivity contribution in [3.63, 3.8) is 0 Å². The molecule has 0 heterocycles. The highest BCUT2D eigenvalue weighted by atomic mass is 79.9. The largest absolute Gasteiger partial charge is 0.310 e. The molecule has 1 aliphatic carbocycles. The first-order chi connectivity index (χ1) is 9.79. The van der Waals surface area contributed by atoms with E-state index in [1.54, 1.807) is 0 Å². The second-order valence-corrected chi connectivity index (χ2v) is 7.06. The Balaban J connectivity index is 1.90. The Morgan fingerprint density at radius 1 is 1.15 bits per heavy atom. The fraction of sp³-hybridized carbons (Fsp3) is 0.667. The zero-order valence-corrected chi connectivity index (χ0v) is 14.3. The van der Waals surface area contributed by atoms with E-state index in [9.17, 15) is 0 Å². The van der Waals surface area contributed by atoms with Gasteiger partial charge in [-0.2, -0.15) is 0 Å². The van der Waals surface area contributed by atoms with E-state index in [0.717, 1.165) is 12.5 Å². The van der Waals surface area contributed by atoms with Crippen LogP contribution in [-0.4, -0.2) is 6.54 Å². The molecule has 1 atom stereocenters. The van der Waals surface area contributed by atoms with Crippen molar-refractivity contribution in [1.29, 1.82) is 0 Å². The first-order valence-electron chi connectivity index (χ1n) is 8.28. The maximum atomic E-state index is 3.73. The summed E-state index contributed by atoms with van der Waals surface area (Å²) in [6.07, 6.45) is 11.2. The van der Waals surface area contributed by atoms with E-state index in [1.807, 2.05) is 0 Å². The molecular formula is C18H28BrN. The molecule has 1 fully saturated rings. The molecule has 112 valence electrons. The van der Waals surface area contributed by atoms with Crippen molar-refractivity contribution in [3.05, 3.63) is 34.3 Å². The SMILES string of the molecule is CCCNC(CCC1CCCCC1)c1ccc(Br)cc1. The van der Waals surface area contributed by atoms with Crippen LogP contribution in [0.3, 0.4) is 0 Å². The summed E-state index contributed by atoms with van der Waals surface area (Å²) >= 11 is 3.53. The van der Waals surface area contributed by atoms with Gasteiger partial charge in [0.1, 0.15) is 0 Å². The third-order valence-corrected chi connectivity index (χ3v) is 5.03. The molecule has 1 nitrogen and oxygen atoms in total. The highest BCUT2D eigenvalue weighted by Gasteiger charge is 2.17. The molecule has 1 aromatic carbocycles. The number of rotatable bonds is 7. The van der Waals surface area contributed by atoms with E-state index in [2.05, 4.69) is 52.4 Å². The van der Waals surface area contributed by atoms with E-state index in [4.69, 9.17) is 0 Å². The molecular weight excluding hydrogens is 310 g/mol. The van der Waals surface area contributed by atoms with Gasteiger partial charge in [-0.05, 0) is 49.4 Å². The summed E-state index contributed by atoms with van der Waals surface area (Å²) in [4.78, 5) is 0. The molecule has 0 aliphatic heterocycles. The summed E-state index contributed by atoms with van der Waals surface area (Å²) in [6.45, 7) is 3.36. The van der Waals surface area contributed by atoms with Crippen molar-refractivity contribution >= 4 is 15.9 Å². The predicted octanol–water partition coefficient (Wildman–Crippen LogP) is 5.85. The molecule has 0 spiro atoms. The van der Waals surface area contributed by atoms with Gasteiger partial charge in [-0.1, -0.05) is 67.1 Å². The Kier molecular flexibility index (Phi) is 7.09. The monoisotopic (exact) mass is 337 g/mol. The lowest BCUT2D eigenvalue weighted by Crippen LogP contribution is -2.23. The zero-order valence-electron chi connectivity index (χ0n) is 12.7. The summed E-state index contributed by atoms with van der Waals surface area (Å²) in [5.74, 6) is 0.977. The molecule has 0 saturated heterocycles. The van der Waals surface area contributed by atoms with Gasteiger partial charge in [-0.3, -0.25) is 0 Å². The molecule has 0 radical (unpaired) electrons. The van der Waals surface area contributed by atoms with Gasteiger partial charge < -0.3 is 5.32 Å². The Hall–Kier alpha value is -0.340. The van der Waals surface area contributed by atoms with E-state index < -0.39 is 0 Å². The van der Waals surface area contributed by atoms with Gasteiger partial charge in [0.2, 0.25) is 0 Å². The van der Waals surface area contributed by atoms with Crippen molar-refractivity contribution in [1.82, 2.24) is 5.32 Å². The lowest BCUT2D eigenvalue weighted by atomic mass is 9.84. The molecule has 0 amide bonds. The van der Waals surface area contributed by atoms with Gasteiger partial charge in [0.15, 0.2) is 0 Å². The van der Waals surface area contributed by atoms with Crippen molar-refractivity contribution in [2.75, 3.05) is 6.54 Å². The second kappa shape index (κ2) is 8.84. The van der Waals surface area contributed by atoms with Crippen molar-refractivity contribution in [2.24, 2.45) is 5.92 Å². The minimum absolute atomic E-state index is 0.532. The molecule has 20 heavy (non-hydrogen) atoms. The average molecular weight is 338 g/mol. The van der Waals surface area contributed by atoms with Crippen LogP contribution in [0.4, 0.5) is 0 Å². The fourth-order valence-corrected chi connectivity index (χ4v) is 3.54. The Morgan fingerprint density at radius 3 is 2.50 bits per heavy atom. The second-order valence-electron chi connectivity index (χ2n) is 6.14. The predicted molar refractivity (Wildman–Crippen MR) is 91.0 cm³/mol. The molecule has 1 aliphatic rings. The Labute approximate surface area is 132 Å². The van der Waals surface area contributed by atoms with Gasteiger partial charge in [-0.15, -0.1) is 0 Å². The number of nitrogens with one attached hydrogen (secondary N) is 1. The first-order valence-corrected chi connectivity index (χ1v) is 9.07. The maximum Gasteiger partial charge on any atom is 0.0320 e. The molecule has 1 saturated carbocycles. The average Bonchev–Trinajstić information content (AvgIpc) is 2.50. The van der Waals surface area contributed by atoms with Crippen LogP contribution in [0.15, 0.2) is 28.7 Å². The van der Waals surface area contributed by atoms with Crippen LogP contribution in [-0.2, 0) is 0 Å². The summed E-state index contributed by atoms with van der Waals surface area (Å²) < 4.78 is 1.17. The molecule has 1 aromatic rings. The first kappa shape index (κ1) is 16.0. The topological polar surface area (TPSA) is 12.0 Å². The fourth-order valence-electron chi connectivity index (χ4n) is 3.28. The summed E-state index contributed by atoms with van der Waals surface area (Å²) in [5.41, 5.74) is 1.44. The number of halogens is 1. The van der Waals surface area contributed by atoms with E-state index in [1.165, 1.54) is 61.4 Å². The van der Waals surface area contributed by atoms with Crippen LogP contribution < -0.4 is 5.32 Å². The van der Waals surface area contributed by atoms with E-state index >= 15 is 0 Å². The van der Waals surface area contributed by atoms with Crippen LogP contribution in [0.2, 0.25) is 0 Å². The Bertz CT molecular complexity index is 368.